The first-order valence-electron chi connectivity index (χ1n) is 10.5. The van der Waals surface area contributed by atoms with Gasteiger partial charge in [-0.2, -0.15) is 13.2 Å². The number of carbonyl (C=O) groups excluding carboxylic acids is 1. The minimum atomic E-state index is -4.57. The van der Waals surface area contributed by atoms with E-state index in [1.54, 1.807) is 6.20 Å². The van der Waals surface area contributed by atoms with Gasteiger partial charge in [-0.1, -0.05) is 24.3 Å². The molecule has 2 aromatic carbocycles. The van der Waals surface area contributed by atoms with E-state index in [9.17, 15) is 28.1 Å². The molecule has 1 aromatic heterocycles. The smallest absolute Gasteiger partial charge is 0.422 e. The molecule has 34 heavy (non-hydrogen) atoms. The molecule has 4 rings (SSSR count). The Morgan fingerprint density at radius 2 is 1.82 bits per heavy atom. The number of nitro benzene ring substituents is 1. The Hall–Kier alpha value is -3.73. The maximum absolute atomic E-state index is 13.0. The summed E-state index contributed by atoms with van der Waals surface area (Å²) in [6.45, 7) is 0.793. The van der Waals surface area contributed by atoms with Crippen LogP contribution in [0.25, 0.3) is 10.9 Å². The van der Waals surface area contributed by atoms with Gasteiger partial charge in [-0.3, -0.25) is 24.8 Å². The number of piperazine rings is 1. The second kappa shape index (κ2) is 9.64. The Kier molecular flexibility index (Phi) is 6.64. The number of hydrogen-bond acceptors (Lipinski definition) is 6. The molecule has 0 saturated carbocycles. The number of para-hydroxylation sites is 1. The number of aromatic nitrogens is 1. The minimum Gasteiger partial charge on any atom is -0.484 e. The number of carbonyl (C=O) groups is 1. The third kappa shape index (κ3) is 5.42. The van der Waals surface area contributed by atoms with Crippen molar-refractivity contribution in [2.24, 2.45) is 0 Å². The van der Waals surface area contributed by atoms with E-state index in [1.807, 2.05) is 30.3 Å². The zero-order valence-electron chi connectivity index (χ0n) is 18.0. The first-order chi connectivity index (χ1) is 16.2. The molecule has 0 N–H and O–H groups in total. The standard InChI is InChI=1S/C23H21F3N4O4/c24-23(25,26)15-34-18-6-7-20(30(32)33)19(13-18)22(31)29-11-9-28(10-12-29)14-17-4-1-3-16-5-2-8-27-21(16)17/h1-8,13H,9-12,14-15H2. The monoisotopic (exact) mass is 474 g/mol. The highest BCUT2D eigenvalue weighted by Crippen LogP contribution is 2.27. The summed E-state index contributed by atoms with van der Waals surface area (Å²) in [5, 5.41) is 12.4. The lowest BCUT2D eigenvalue weighted by Gasteiger charge is -2.34. The van der Waals surface area contributed by atoms with Crippen LogP contribution in [0.3, 0.4) is 0 Å². The number of alkyl halides is 3. The van der Waals surface area contributed by atoms with Gasteiger partial charge < -0.3 is 9.64 Å². The Morgan fingerprint density at radius 3 is 2.53 bits per heavy atom. The van der Waals surface area contributed by atoms with Crippen LogP contribution in [-0.2, 0) is 6.54 Å². The number of hydrogen-bond donors (Lipinski definition) is 0. The van der Waals surface area contributed by atoms with Crippen molar-refractivity contribution in [3.05, 3.63) is 76.0 Å². The molecule has 8 nitrogen and oxygen atoms in total. The van der Waals surface area contributed by atoms with E-state index in [1.165, 1.54) is 4.90 Å². The lowest BCUT2D eigenvalue weighted by atomic mass is 10.1. The van der Waals surface area contributed by atoms with Crippen molar-refractivity contribution in [1.82, 2.24) is 14.8 Å². The first-order valence-corrected chi connectivity index (χ1v) is 10.5. The average Bonchev–Trinajstić information content (AvgIpc) is 2.82. The van der Waals surface area contributed by atoms with E-state index >= 15 is 0 Å². The van der Waals surface area contributed by atoms with Gasteiger partial charge in [0.25, 0.3) is 11.6 Å². The quantitative estimate of drug-likeness (QED) is 0.396. The van der Waals surface area contributed by atoms with Crippen molar-refractivity contribution in [3.63, 3.8) is 0 Å². The summed E-state index contributed by atoms with van der Waals surface area (Å²) < 4.78 is 42.1. The summed E-state index contributed by atoms with van der Waals surface area (Å²) in [6.07, 6.45) is -2.83. The molecule has 178 valence electrons. The average molecular weight is 474 g/mol. The highest BCUT2D eigenvalue weighted by atomic mass is 19.4. The summed E-state index contributed by atoms with van der Waals surface area (Å²) in [5.74, 6) is -0.871. The molecule has 1 amide bonds. The second-order valence-electron chi connectivity index (χ2n) is 7.90. The molecule has 0 unspecified atom stereocenters. The number of amides is 1. The van der Waals surface area contributed by atoms with Crippen molar-refractivity contribution in [2.45, 2.75) is 12.7 Å². The maximum Gasteiger partial charge on any atom is 0.422 e. The minimum absolute atomic E-state index is 0.256. The fourth-order valence-electron chi connectivity index (χ4n) is 3.92. The Morgan fingerprint density at radius 1 is 1.09 bits per heavy atom. The largest absolute Gasteiger partial charge is 0.484 e. The van der Waals surface area contributed by atoms with Gasteiger partial charge in [-0.15, -0.1) is 0 Å². The Balaban J connectivity index is 1.45. The highest BCUT2D eigenvalue weighted by molar-refractivity contribution is 5.98. The molecule has 1 saturated heterocycles. The van der Waals surface area contributed by atoms with Gasteiger partial charge in [0.2, 0.25) is 0 Å². The number of pyridine rings is 1. The van der Waals surface area contributed by atoms with Gasteiger partial charge in [0.1, 0.15) is 11.3 Å². The van der Waals surface area contributed by atoms with Crippen LogP contribution in [0.5, 0.6) is 5.75 Å². The van der Waals surface area contributed by atoms with Crippen LogP contribution in [-0.4, -0.2) is 64.6 Å². The summed E-state index contributed by atoms with van der Waals surface area (Å²) in [5.41, 5.74) is 1.20. The van der Waals surface area contributed by atoms with Gasteiger partial charge in [0, 0.05) is 50.4 Å². The molecule has 3 aromatic rings. The van der Waals surface area contributed by atoms with E-state index < -0.39 is 29.3 Å². The molecule has 2 heterocycles. The molecule has 1 aliphatic heterocycles. The summed E-state index contributed by atoms with van der Waals surface area (Å²) >= 11 is 0. The van der Waals surface area contributed by atoms with E-state index in [0.29, 0.717) is 32.7 Å². The Labute approximate surface area is 192 Å². The predicted molar refractivity (Wildman–Crippen MR) is 118 cm³/mol. The fraction of sp³-hybridized carbons (Fsp3) is 0.304. The molecule has 0 aliphatic carbocycles. The predicted octanol–water partition coefficient (Wildman–Crippen LogP) is 4.04. The molecule has 1 fully saturated rings. The van der Waals surface area contributed by atoms with Crippen molar-refractivity contribution in [2.75, 3.05) is 32.8 Å². The van der Waals surface area contributed by atoms with Crippen molar-refractivity contribution in [1.29, 1.82) is 0 Å². The van der Waals surface area contributed by atoms with Gasteiger partial charge >= 0.3 is 6.18 Å². The summed E-state index contributed by atoms with van der Waals surface area (Å²) in [7, 11) is 0. The molecule has 0 spiro atoms. The lowest BCUT2D eigenvalue weighted by Crippen LogP contribution is -2.48. The maximum atomic E-state index is 13.0. The topological polar surface area (TPSA) is 88.8 Å². The van der Waals surface area contributed by atoms with E-state index in [-0.39, 0.29) is 11.3 Å². The zero-order valence-corrected chi connectivity index (χ0v) is 18.0. The lowest BCUT2D eigenvalue weighted by molar-refractivity contribution is -0.385. The van der Waals surface area contributed by atoms with Gasteiger partial charge in [-0.25, -0.2) is 0 Å². The number of nitro groups is 1. The number of benzene rings is 2. The molecular formula is C23H21F3N4O4. The van der Waals surface area contributed by atoms with Crippen LogP contribution < -0.4 is 4.74 Å². The second-order valence-corrected chi connectivity index (χ2v) is 7.90. The zero-order chi connectivity index (χ0) is 24.3. The first kappa shape index (κ1) is 23.4. The molecule has 0 atom stereocenters. The van der Waals surface area contributed by atoms with Crippen LogP contribution in [0.2, 0.25) is 0 Å². The van der Waals surface area contributed by atoms with Crippen molar-refractivity contribution < 1.29 is 27.6 Å². The molecule has 0 bridgehead atoms. The number of rotatable bonds is 6. The van der Waals surface area contributed by atoms with Crippen LogP contribution in [0.15, 0.2) is 54.7 Å². The third-order valence-corrected chi connectivity index (χ3v) is 5.57. The van der Waals surface area contributed by atoms with Gasteiger partial charge in [0.05, 0.1) is 10.4 Å². The van der Waals surface area contributed by atoms with Crippen molar-refractivity contribution in [3.8, 4) is 5.75 Å². The molecular weight excluding hydrogens is 453 g/mol. The molecule has 11 heteroatoms. The number of fused-ring (bicyclic) bond motifs is 1. The highest BCUT2D eigenvalue weighted by Gasteiger charge is 2.31. The van der Waals surface area contributed by atoms with E-state index in [4.69, 9.17) is 0 Å². The summed E-state index contributed by atoms with van der Waals surface area (Å²) in [6, 6.07) is 12.9. The molecule has 0 radical (unpaired) electrons. The van der Waals surface area contributed by atoms with E-state index in [0.717, 1.165) is 34.7 Å². The number of nitrogens with zero attached hydrogens (tertiary/aromatic N) is 4. The van der Waals surface area contributed by atoms with Crippen LogP contribution in [0.4, 0.5) is 18.9 Å². The van der Waals surface area contributed by atoms with Crippen LogP contribution in [0, 0.1) is 10.1 Å². The Bertz CT molecular complexity index is 1210. The number of ether oxygens (including phenoxy) is 1. The van der Waals surface area contributed by atoms with Crippen LogP contribution >= 0.6 is 0 Å². The van der Waals surface area contributed by atoms with Crippen molar-refractivity contribution >= 4 is 22.5 Å². The number of halogens is 3. The van der Waals surface area contributed by atoms with Gasteiger partial charge in [-0.05, 0) is 23.8 Å². The van der Waals surface area contributed by atoms with E-state index in [2.05, 4.69) is 14.6 Å². The SMILES string of the molecule is O=C(c1cc(OCC(F)(F)F)ccc1[N+](=O)[O-])N1CCN(Cc2cccc3cccnc23)CC1. The third-order valence-electron chi connectivity index (χ3n) is 5.57. The van der Waals surface area contributed by atoms with Gasteiger partial charge in [0.15, 0.2) is 6.61 Å². The summed E-state index contributed by atoms with van der Waals surface area (Å²) in [4.78, 5) is 31.8. The molecule has 1 aliphatic rings. The normalized spacial score (nSPS) is 14.9. The fourth-order valence-corrected chi connectivity index (χ4v) is 3.92. The van der Waals surface area contributed by atoms with Crippen LogP contribution in [0.1, 0.15) is 15.9 Å².